The van der Waals surface area contributed by atoms with Gasteiger partial charge >= 0.3 is 0 Å². The SMILES string of the molecule is Cc1ccc(Cc2nc(SCC(C)C)nc(N)c2C#N)cc1. The first-order valence-electron chi connectivity index (χ1n) is 7.24. The van der Waals surface area contributed by atoms with Gasteiger partial charge in [-0.05, 0) is 18.4 Å². The summed E-state index contributed by atoms with van der Waals surface area (Å²) in [5, 5.41) is 9.96. The van der Waals surface area contributed by atoms with Crippen molar-refractivity contribution in [2.45, 2.75) is 32.3 Å². The Morgan fingerprint density at radius 1 is 1.23 bits per heavy atom. The molecule has 1 aromatic carbocycles. The molecule has 2 rings (SSSR count). The molecule has 0 bridgehead atoms. The van der Waals surface area contributed by atoms with Gasteiger partial charge < -0.3 is 5.73 Å². The van der Waals surface area contributed by atoms with Crippen molar-refractivity contribution in [1.29, 1.82) is 5.26 Å². The topological polar surface area (TPSA) is 75.6 Å². The summed E-state index contributed by atoms with van der Waals surface area (Å²) in [4.78, 5) is 8.78. The van der Waals surface area contributed by atoms with Crippen LogP contribution in [0.4, 0.5) is 5.82 Å². The van der Waals surface area contributed by atoms with E-state index < -0.39 is 0 Å². The van der Waals surface area contributed by atoms with Gasteiger partial charge in [-0.2, -0.15) is 5.26 Å². The third kappa shape index (κ3) is 4.22. The summed E-state index contributed by atoms with van der Waals surface area (Å²) in [5.41, 5.74) is 9.33. The van der Waals surface area contributed by atoms with Crippen LogP contribution in [0.25, 0.3) is 0 Å². The average molecular weight is 312 g/mol. The molecule has 0 aliphatic carbocycles. The van der Waals surface area contributed by atoms with Crippen LogP contribution in [0.2, 0.25) is 0 Å². The molecular weight excluding hydrogens is 292 g/mol. The van der Waals surface area contributed by atoms with E-state index in [9.17, 15) is 5.26 Å². The largest absolute Gasteiger partial charge is 0.382 e. The van der Waals surface area contributed by atoms with Crippen LogP contribution in [0.3, 0.4) is 0 Å². The van der Waals surface area contributed by atoms with E-state index in [1.165, 1.54) is 5.56 Å². The molecule has 2 aromatic rings. The molecule has 0 saturated carbocycles. The molecule has 5 heteroatoms. The van der Waals surface area contributed by atoms with Crippen molar-refractivity contribution < 1.29 is 0 Å². The highest BCUT2D eigenvalue weighted by atomic mass is 32.2. The standard InChI is InChI=1S/C17H20N4S/c1-11(2)10-22-17-20-15(14(9-18)16(19)21-17)8-13-6-4-12(3)5-7-13/h4-7,11H,8,10H2,1-3H3,(H2,19,20,21). The molecule has 4 nitrogen and oxygen atoms in total. The van der Waals surface area contributed by atoms with Crippen molar-refractivity contribution >= 4 is 17.6 Å². The summed E-state index contributed by atoms with van der Waals surface area (Å²) in [6.07, 6.45) is 0.588. The Balaban J connectivity index is 2.31. The molecule has 22 heavy (non-hydrogen) atoms. The highest BCUT2D eigenvalue weighted by Gasteiger charge is 2.13. The number of benzene rings is 1. The lowest BCUT2D eigenvalue weighted by atomic mass is 10.0. The second-order valence-corrected chi connectivity index (χ2v) is 6.68. The number of anilines is 1. The molecule has 0 unspecified atom stereocenters. The summed E-state index contributed by atoms with van der Waals surface area (Å²) in [5.74, 6) is 1.74. The van der Waals surface area contributed by atoms with Gasteiger partial charge in [0.2, 0.25) is 0 Å². The lowest BCUT2D eigenvalue weighted by Crippen LogP contribution is -2.06. The number of nitrogens with two attached hydrogens (primary N) is 1. The molecule has 0 aliphatic heterocycles. The summed E-state index contributed by atoms with van der Waals surface area (Å²) in [6, 6.07) is 10.3. The monoisotopic (exact) mass is 312 g/mol. The Labute approximate surface area is 135 Å². The zero-order valence-electron chi connectivity index (χ0n) is 13.1. The molecule has 0 spiro atoms. The molecule has 0 amide bonds. The quantitative estimate of drug-likeness (QED) is 0.674. The second-order valence-electron chi connectivity index (χ2n) is 5.69. The highest BCUT2D eigenvalue weighted by Crippen LogP contribution is 2.23. The van der Waals surface area contributed by atoms with Crippen LogP contribution in [0.15, 0.2) is 29.4 Å². The van der Waals surface area contributed by atoms with Crippen molar-refractivity contribution in [1.82, 2.24) is 9.97 Å². The van der Waals surface area contributed by atoms with Crippen molar-refractivity contribution in [2.75, 3.05) is 11.5 Å². The number of nitrogen functional groups attached to an aromatic ring is 1. The first kappa shape index (κ1) is 16.3. The number of hydrogen-bond acceptors (Lipinski definition) is 5. The number of hydrogen-bond donors (Lipinski definition) is 1. The molecule has 1 heterocycles. The lowest BCUT2D eigenvalue weighted by molar-refractivity contribution is 0.747. The molecule has 0 atom stereocenters. The van der Waals surface area contributed by atoms with Crippen LogP contribution in [-0.2, 0) is 6.42 Å². The first-order valence-corrected chi connectivity index (χ1v) is 8.23. The summed E-state index contributed by atoms with van der Waals surface area (Å²) in [7, 11) is 0. The number of rotatable bonds is 5. The molecule has 1 aromatic heterocycles. The Morgan fingerprint density at radius 2 is 1.91 bits per heavy atom. The van der Waals surface area contributed by atoms with E-state index in [4.69, 9.17) is 5.73 Å². The predicted molar refractivity (Wildman–Crippen MR) is 90.7 cm³/mol. The maximum Gasteiger partial charge on any atom is 0.189 e. The Kier molecular flexibility index (Phi) is 5.40. The molecule has 2 N–H and O–H groups in total. The van der Waals surface area contributed by atoms with Crippen molar-refractivity contribution in [3.05, 3.63) is 46.6 Å². The minimum absolute atomic E-state index is 0.269. The van der Waals surface area contributed by atoms with Gasteiger partial charge in [-0.15, -0.1) is 0 Å². The smallest absolute Gasteiger partial charge is 0.189 e. The summed E-state index contributed by atoms with van der Waals surface area (Å²) < 4.78 is 0. The van der Waals surface area contributed by atoms with Gasteiger partial charge in [0, 0.05) is 12.2 Å². The summed E-state index contributed by atoms with van der Waals surface area (Å²) >= 11 is 1.58. The van der Waals surface area contributed by atoms with Gasteiger partial charge in [0.1, 0.15) is 17.5 Å². The number of nitriles is 1. The molecule has 0 radical (unpaired) electrons. The van der Waals surface area contributed by atoms with E-state index in [0.717, 1.165) is 11.3 Å². The van der Waals surface area contributed by atoms with E-state index in [0.29, 0.717) is 28.8 Å². The van der Waals surface area contributed by atoms with Crippen LogP contribution in [0, 0.1) is 24.2 Å². The van der Waals surface area contributed by atoms with Gasteiger partial charge in [0.15, 0.2) is 5.16 Å². The fraction of sp³-hybridized carbons (Fsp3) is 0.353. The summed E-state index contributed by atoms with van der Waals surface area (Å²) in [6.45, 7) is 6.34. The maximum atomic E-state index is 9.31. The first-order chi connectivity index (χ1) is 10.5. The molecule has 0 fully saturated rings. The molecule has 114 valence electrons. The van der Waals surface area contributed by atoms with Crippen LogP contribution < -0.4 is 5.73 Å². The van der Waals surface area contributed by atoms with Crippen molar-refractivity contribution in [3.63, 3.8) is 0 Å². The lowest BCUT2D eigenvalue weighted by Gasteiger charge is -2.09. The van der Waals surface area contributed by atoms with Crippen molar-refractivity contribution in [3.8, 4) is 6.07 Å². The Hall–Kier alpha value is -2.06. The van der Waals surface area contributed by atoms with Crippen LogP contribution in [0.5, 0.6) is 0 Å². The predicted octanol–water partition coefficient (Wildman–Crippen LogP) is 3.58. The minimum atomic E-state index is 0.269. The number of aryl methyl sites for hydroxylation is 1. The normalized spacial score (nSPS) is 10.7. The van der Waals surface area contributed by atoms with Gasteiger partial charge in [-0.1, -0.05) is 55.4 Å². The van der Waals surface area contributed by atoms with Gasteiger partial charge in [0.25, 0.3) is 0 Å². The fourth-order valence-corrected chi connectivity index (χ4v) is 2.78. The number of thioether (sulfide) groups is 1. The second kappa shape index (κ2) is 7.28. The van der Waals surface area contributed by atoms with E-state index in [1.807, 2.05) is 6.92 Å². The number of nitrogens with zero attached hydrogens (tertiary/aromatic N) is 3. The van der Waals surface area contributed by atoms with E-state index in [2.05, 4.69) is 54.2 Å². The third-order valence-electron chi connectivity index (χ3n) is 3.14. The van der Waals surface area contributed by atoms with E-state index in [-0.39, 0.29) is 5.82 Å². The fourth-order valence-electron chi connectivity index (χ4n) is 1.96. The molecular formula is C17H20N4S. The molecule has 0 aliphatic rings. The van der Waals surface area contributed by atoms with Gasteiger partial charge in [0.05, 0.1) is 5.69 Å². The minimum Gasteiger partial charge on any atom is -0.382 e. The number of aromatic nitrogens is 2. The van der Waals surface area contributed by atoms with Gasteiger partial charge in [-0.3, -0.25) is 0 Å². The van der Waals surface area contributed by atoms with E-state index in [1.54, 1.807) is 11.8 Å². The van der Waals surface area contributed by atoms with Crippen LogP contribution in [-0.4, -0.2) is 15.7 Å². The van der Waals surface area contributed by atoms with Crippen molar-refractivity contribution in [2.24, 2.45) is 5.92 Å². The zero-order chi connectivity index (χ0) is 16.1. The molecule has 0 saturated heterocycles. The highest BCUT2D eigenvalue weighted by molar-refractivity contribution is 7.99. The average Bonchev–Trinajstić information content (AvgIpc) is 2.47. The van der Waals surface area contributed by atoms with Crippen LogP contribution >= 0.6 is 11.8 Å². The maximum absolute atomic E-state index is 9.31. The Bertz CT molecular complexity index is 687. The third-order valence-corrected chi connectivity index (χ3v) is 4.42. The Morgan fingerprint density at radius 3 is 2.50 bits per heavy atom. The van der Waals surface area contributed by atoms with Crippen LogP contribution in [0.1, 0.15) is 36.2 Å². The van der Waals surface area contributed by atoms with Gasteiger partial charge in [-0.25, -0.2) is 9.97 Å². The zero-order valence-corrected chi connectivity index (χ0v) is 13.9. The van der Waals surface area contributed by atoms with E-state index >= 15 is 0 Å².